The number of rotatable bonds is 4. The van der Waals surface area contributed by atoms with Crippen LogP contribution in [0.25, 0.3) is 11.0 Å². The van der Waals surface area contributed by atoms with Crippen molar-refractivity contribution in [3.63, 3.8) is 0 Å². The van der Waals surface area contributed by atoms with Gasteiger partial charge in [0.25, 0.3) is 0 Å². The molecule has 2 heterocycles. The fourth-order valence-corrected chi connectivity index (χ4v) is 2.86. The van der Waals surface area contributed by atoms with Gasteiger partial charge in [0, 0.05) is 13.1 Å². The molecule has 1 unspecified atom stereocenters. The molecule has 4 nitrogen and oxygen atoms in total. The van der Waals surface area contributed by atoms with Crippen LogP contribution in [0, 0.1) is 12.8 Å². The average Bonchev–Trinajstić information content (AvgIpc) is 2.93. The van der Waals surface area contributed by atoms with Crippen LogP contribution in [0.4, 0.5) is 5.82 Å². The number of fused-ring (bicyclic) bond motifs is 1. The number of hydrogen-bond acceptors (Lipinski definition) is 4. The zero-order valence-electron chi connectivity index (χ0n) is 12.3. The largest absolute Gasteiger partial charge is 0.368 e. The van der Waals surface area contributed by atoms with Gasteiger partial charge in [0.2, 0.25) is 0 Å². The lowest BCUT2D eigenvalue weighted by Crippen LogP contribution is -2.22. The lowest BCUT2D eigenvalue weighted by atomic mass is 10.1. The highest BCUT2D eigenvalue weighted by Gasteiger charge is 2.21. The lowest BCUT2D eigenvalue weighted by molar-refractivity contribution is 0.345. The highest BCUT2D eigenvalue weighted by atomic mass is 15.1. The van der Waals surface area contributed by atoms with Crippen LogP contribution < -0.4 is 5.32 Å². The molecule has 1 fully saturated rings. The fraction of sp³-hybridized carbons (Fsp3) is 0.500. The van der Waals surface area contributed by atoms with Crippen molar-refractivity contribution < 1.29 is 0 Å². The molecule has 106 valence electrons. The van der Waals surface area contributed by atoms with Gasteiger partial charge < -0.3 is 10.2 Å². The molecular weight excluding hydrogens is 248 g/mol. The second kappa shape index (κ2) is 5.75. The Balaban J connectivity index is 1.70. The summed E-state index contributed by atoms with van der Waals surface area (Å²) in [7, 11) is 0. The SMILES string of the molecule is CCN1CCC(CNc2nc3ccccc3nc2C)C1. The number of hydrogen-bond donors (Lipinski definition) is 1. The van der Waals surface area contributed by atoms with E-state index in [1.807, 2.05) is 31.2 Å². The molecule has 0 radical (unpaired) electrons. The van der Waals surface area contributed by atoms with Gasteiger partial charge in [-0.3, -0.25) is 0 Å². The molecule has 2 aromatic rings. The van der Waals surface area contributed by atoms with Gasteiger partial charge in [-0.1, -0.05) is 19.1 Å². The van der Waals surface area contributed by atoms with Crippen LogP contribution >= 0.6 is 0 Å². The maximum Gasteiger partial charge on any atom is 0.148 e. The van der Waals surface area contributed by atoms with Gasteiger partial charge in [0.15, 0.2) is 0 Å². The van der Waals surface area contributed by atoms with Crippen molar-refractivity contribution in [3.8, 4) is 0 Å². The van der Waals surface area contributed by atoms with E-state index in [9.17, 15) is 0 Å². The first kappa shape index (κ1) is 13.3. The summed E-state index contributed by atoms with van der Waals surface area (Å²) in [6.45, 7) is 8.83. The molecule has 1 saturated heterocycles. The van der Waals surface area contributed by atoms with Crippen LogP contribution in [-0.4, -0.2) is 41.0 Å². The van der Waals surface area contributed by atoms with E-state index in [-0.39, 0.29) is 0 Å². The summed E-state index contributed by atoms with van der Waals surface area (Å²) in [5.74, 6) is 1.65. The van der Waals surface area contributed by atoms with Crippen LogP contribution in [0.3, 0.4) is 0 Å². The molecule has 0 aliphatic carbocycles. The van der Waals surface area contributed by atoms with Crippen molar-refractivity contribution in [3.05, 3.63) is 30.0 Å². The number of aryl methyl sites for hydroxylation is 1. The molecule has 1 atom stereocenters. The summed E-state index contributed by atoms with van der Waals surface area (Å²) in [5, 5.41) is 3.49. The normalized spacial score (nSPS) is 19.6. The van der Waals surface area contributed by atoms with Gasteiger partial charge in [-0.15, -0.1) is 0 Å². The van der Waals surface area contributed by atoms with Crippen molar-refractivity contribution in [1.29, 1.82) is 0 Å². The molecule has 20 heavy (non-hydrogen) atoms. The maximum atomic E-state index is 4.69. The highest BCUT2D eigenvalue weighted by molar-refractivity contribution is 5.76. The molecule has 1 aliphatic rings. The number of benzene rings is 1. The summed E-state index contributed by atoms with van der Waals surface area (Å²) in [6.07, 6.45) is 1.28. The van der Waals surface area contributed by atoms with E-state index in [2.05, 4.69) is 27.1 Å². The highest BCUT2D eigenvalue weighted by Crippen LogP contribution is 2.19. The van der Waals surface area contributed by atoms with Gasteiger partial charge in [0.05, 0.1) is 16.7 Å². The third kappa shape index (κ3) is 2.75. The Labute approximate surface area is 120 Å². The van der Waals surface area contributed by atoms with Crippen molar-refractivity contribution in [2.45, 2.75) is 20.3 Å². The Morgan fingerprint density at radius 2 is 2.00 bits per heavy atom. The van der Waals surface area contributed by atoms with Crippen molar-refractivity contribution in [2.24, 2.45) is 5.92 Å². The Hall–Kier alpha value is -1.68. The predicted octanol–water partition coefficient (Wildman–Crippen LogP) is 2.69. The Kier molecular flexibility index (Phi) is 3.83. The lowest BCUT2D eigenvalue weighted by Gasteiger charge is -2.15. The maximum absolute atomic E-state index is 4.69. The van der Waals surface area contributed by atoms with Crippen molar-refractivity contribution in [2.75, 3.05) is 31.5 Å². The quantitative estimate of drug-likeness (QED) is 0.927. The van der Waals surface area contributed by atoms with Gasteiger partial charge >= 0.3 is 0 Å². The third-order valence-electron chi connectivity index (χ3n) is 4.12. The van der Waals surface area contributed by atoms with Gasteiger partial charge in [-0.2, -0.15) is 0 Å². The van der Waals surface area contributed by atoms with E-state index in [0.717, 1.165) is 41.6 Å². The second-order valence-electron chi connectivity index (χ2n) is 5.58. The van der Waals surface area contributed by atoms with Gasteiger partial charge in [-0.25, -0.2) is 9.97 Å². The summed E-state index contributed by atoms with van der Waals surface area (Å²) in [4.78, 5) is 11.8. The Morgan fingerprint density at radius 1 is 1.25 bits per heavy atom. The molecule has 0 spiro atoms. The second-order valence-corrected chi connectivity index (χ2v) is 5.58. The molecule has 3 rings (SSSR count). The zero-order chi connectivity index (χ0) is 13.9. The summed E-state index contributed by atoms with van der Waals surface area (Å²) in [6, 6.07) is 8.03. The molecule has 1 N–H and O–H groups in total. The summed E-state index contributed by atoms with van der Waals surface area (Å²) in [5.41, 5.74) is 2.91. The molecule has 1 aromatic carbocycles. The van der Waals surface area contributed by atoms with Gasteiger partial charge in [-0.05, 0) is 44.5 Å². The van der Waals surface area contributed by atoms with Crippen LogP contribution in [0.2, 0.25) is 0 Å². The van der Waals surface area contributed by atoms with Crippen LogP contribution in [0.1, 0.15) is 19.0 Å². The first-order valence-corrected chi connectivity index (χ1v) is 7.46. The standard InChI is InChI=1S/C16H22N4/c1-3-20-9-8-13(11-20)10-17-16-12(2)18-14-6-4-5-7-15(14)19-16/h4-7,13H,3,8-11H2,1-2H3,(H,17,19). The number of para-hydroxylation sites is 2. The molecule has 0 amide bonds. The molecular formula is C16H22N4. The monoisotopic (exact) mass is 270 g/mol. The average molecular weight is 270 g/mol. The van der Waals surface area contributed by atoms with E-state index in [4.69, 9.17) is 0 Å². The number of anilines is 1. The van der Waals surface area contributed by atoms with Crippen molar-refractivity contribution in [1.82, 2.24) is 14.9 Å². The summed E-state index contributed by atoms with van der Waals surface area (Å²) < 4.78 is 0. The summed E-state index contributed by atoms with van der Waals surface area (Å²) >= 11 is 0. The number of nitrogens with zero attached hydrogens (tertiary/aromatic N) is 3. The van der Waals surface area contributed by atoms with Crippen LogP contribution in [0.15, 0.2) is 24.3 Å². The minimum atomic E-state index is 0.725. The van der Waals surface area contributed by atoms with Crippen LogP contribution in [0.5, 0.6) is 0 Å². The smallest absolute Gasteiger partial charge is 0.148 e. The van der Waals surface area contributed by atoms with E-state index in [0.29, 0.717) is 0 Å². The minimum Gasteiger partial charge on any atom is -0.368 e. The zero-order valence-corrected chi connectivity index (χ0v) is 12.3. The van der Waals surface area contributed by atoms with E-state index < -0.39 is 0 Å². The van der Waals surface area contributed by atoms with Crippen molar-refractivity contribution >= 4 is 16.9 Å². The van der Waals surface area contributed by atoms with Gasteiger partial charge in [0.1, 0.15) is 5.82 Å². The van der Waals surface area contributed by atoms with Crippen LogP contribution in [-0.2, 0) is 0 Å². The van der Waals surface area contributed by atoms with E-state index in [1.54, 1.807) is 0 Å². The molecule has 0 saturated carbocycles. The third-order valence-corrected chi connectivity index (χ3v) is 4.12. The molecule has 4 heteroatoms. The molecule has 1 aromatic heterocycles. The van der Waals surface area contributed by atoms with E-state index in [1.165, 1.54) is 19.5 Å². The minimum absolute atomic E-state index is 0.725. The topological polar surface area (TPSA) is 41.0 Å². The predicted molar refractivity (Wildman–Crippen MR) is 83.0 cm³/mol. The number of nitrogens with one attached hydrogen (secondary N) is 1. The Bertz CT molecular complexity index is 596. The first-order valence-electron chi connectivity index (χ1n) is 7.46. The Morgan fingerprint density at radius 3 is 2.70 bits per heavy atom. The fourth-order valence-electron chi connectivity index (χ4n) is 2.86. The number of likely N-dealkylation sites (tertiary alicyclic amines) is 1. The molecule has 0 bridgehead atoms. The molecule has 1 aliphatic heterocycles. The first-order chi connectivity index (χ1) is 9.76. The number of aromatic nitrogens is 2. The van der Waals surface area contributed by atoms with E-state index >= 15 is 0 Å².